The second-order valence-corrected chi connectivity index (χ2v) is 17.2. The van der Waals surface area contributed by atoms with E-state index in [4.69, 9.17) is 0 Å². The summed E-state index contributed by atoms with van der Waals surface area (Å²) in [6.07, 6.45) is 2.48. The summed E-state index contributed by atoms with van der Waals surface area (Å²) in [5.74, 6) is 1.99. The van der Waals surface area contributed by atoms with Crippen LogP contribution in [0.25, 0.3) is 0 Å². The number of para-hydroxylation sites is 1. The number of carbonyl (C=O) groups excluding carboxylic acids is 2. The van der Waals surface area contributed by atoms with Crippen LogP contribution in [0.15, 0.2) is 41.5 Å². The zero-order chi connectivity index (χ0) is 20.5. The molecule has 6 aliphatic rings. The fraction of sp³-hybridized carbons (Fsp3) is 0.600. The molecular weight excluding hydrogens is 374 g/mol. The van der Waals surface area contributed by atoms with Crippen molar-refractivity contribution >= 4 is 25.6 Å². The van der Waals surface area contributed by atoms with Crippen LogP contribution in [0, 0.1) is 40.9 Å². The molecule has 0 spiro atoms. The van der Waals surface area contributed by atoms with Crippen LogP contribution in [-0.2, 0) is 9.59 Å². The molecule has 0 aromatic heterocycles. The first-order valence-electron chi connectivity index (χ1n) is 11.3. The van der Waals surface area contributed by atoms with Gasteiger partial charge in [-0.3, -0.25) is 14.5 Å². The average molecular weight is 406 g/mol. The first-order chi connectivity index (χ1) is 13.6. The average Bonchev–Trinajstić information content (AvgIpc) is 3.28. The molecule has 2 amide bonds. The van der Waals surface area contributed by atoms with Gasteiger partial charge < -0.3 is 0 Å². The van der Waals surface area contributed by atoms with E-state index >= 15 is 0 Å². The molecule has 3 fully saturated rings. The normalized spacial score (nSPS) is 41.6. The molecule has 5 aliphatic carbocycles. The Morgan fingerprint density at radius 3 is 2.14 bits per heavy atom. The molecule has 7 rings (SSSR count). The van der Waals surface area contributed by atoms with Gasteiger partial charge in [0.05, 0.1) is 17.5 Å². The second-order valence-electron chi connectivity index (χ2n) is 11.8. The van der Waals surface area contributed by atoms with Crippen molar-refractivity contribution in [3.63, 3.8) is 0 Å². The Morgan fingerprint density at radius 1 is 0.931 bits per heavy atom. The lowest BCUT2D eigenvalue weighted by Gasteiger charge is -2.59. The predicted molar refractivity (Wildman–Crippen MR) is 117 cm³/mol. The highest BCUT2D eigenvalue weighted by Crippen LogP contribution is 2.76. The molecule has 0 N–H and O–H groups in total. The number of hydrogen-bond donors (Lipinski definition) is 0. The highest BCUT2D eigenvalue weighted by molar-refractivity contribution is 6.78. The van der Waals surface area contributed by atoms with E-state index < -0.39 is 8.07 Å². The third-order valence-corrected chi connectivity index (χ3v) is 12.1. The molecular formula is C25H31NO2Si. The molecule has 4 bridgehead atoms. The van der Waals surface area contributed by atoms with E-state index in [-0.39, 0.29) is 23.7 Å². The number of fused-ring (bicyclic) bond motifs is 5. The van der Waals surface area contributed by atoms with Gasteiger partial charge in [-0.25, -0.2) is 0 Å². The fourth-order valence-corrected chi connectivity index (χ4v) is 11.1. The molecule has 0 unspecified atom stereocenters. The van der Waals surface area contributed by atoms with Crippen LogP contribution in [0.4, 0.5) is 5.69 Å². The van der Waals surface area contributed by atoms with Crippen LogP contribution in [0.2, 0.25) is 25.2 Å². The summed E-state index contributed by atoms with van der Waals surface area (Å²) >= 11 is 0. The van der Waals surface area contributed by atoms with Crippen molar-refractivity contribution in [2.45, 2.75) is 51.9 Å². The first-order valence-corrected chi connectivity index (χ1v) is 14.9. The number of amides is 2. The molecule has 152 valence electrons. The Labute approximate surface area is 174 Å². The number of rotatable bonds is 2. The second kappa shape index (κ2) is 5.32. The molecule has 7 atom stereocenters. The van der Waals surface area contributed by atoms with Crippen LogP contribution in [-0.4, -0.2) is 19.9 Å². The summed E-state index contributed by atoms with van der Waals surface area (Å²) < 4.78 is 0. The van der Waals surface area contributed by atoms with Gasteiger partial charge in [0.2, 0.25) is 11.8 Å². The van der Waals surface area contributed by atoms with E-state index in [1.54, 1.807) is 11.1 Å². The zero-order valence-corrected chi connectivity index (χ0v) is 19.1. The molecule has 2 saturated carbocycles. The molecule has 1 aromatic carbocycles. The van der Waals surface area contributed by atoms with E-state index in [1.807, 2.05) is 30.3 Å². The third-order valence-electron chi connectivity index (χ3n) is 9.40. The summed E-state index contributed by atoms with van der Waals surface area (Å²) in [5, 5.41) is 0. The Hall–Kier alpha value is -1.68. The van der Waals surface area contributed by atoms with Gasteiger partial charge in [0.1, 0.15) is 0 Å². The molecule has 1 saturated heterocycles. The van der Waals surface area contributed by atoms with Crippen LogP contribution in [0.3, 0.4) is 0 Å². The van der Waals surface area contributed by atoms with Gasteiger partial charge in [0.15, 0.2) is 0 Å². The van der Waals surface area contributed by atoms with E-state index in [1.165, 1.54) is 17.7 Å². The van der Waals surface area contributed by atoms with Gasteiger partial charge in [-0.1, -0.05) is 62.8 Å². The number of allylic oxidation sites excluding steroid dienone is 2. The van der Waals surface area contributed by atoms with Gasteiger partial charge in [0, 0.05) is 8.07 Å². The molecule has 0 radical (unpaired) electrons. The first kappa shape index (κ1) is 18.1. The van der Waals surface area contributed by atoms with E-state index in [2.05, 4.69) is 33.5 Å². The Bertz CT molecular complexity index is 972. The fourth-order valence-electron chi connectivity index (χ4n) is 8.14. The molecule has 1 aliphatic heterocycles. The SMILES string of the molecule is CC1(C)[C@H]2CC3=C([C@H]4[C@@H]5C(=O)N(c6ccccc6)C(=O)[C@@H]5[C@H]3[C@@H]4[Si](C)(C)C)[C@H]1C2. The zero-order valence-electron chi connectivity index (χ0n) is 18.1. The highest BCUT2D eigenvalue weighted by atomic mass is 28.3. The maximum absolute atomic E-state index is 13.7. The lowest BCUT2D eigenvalue weighted by molar-refractivity contribution is -0.123. The number of hydrogen-bond acceptors (Lipinski definition) is 2. The van der Waals surface area contributed by atoms with Gasteiger partial charge in [-0.05, 0) is 59.6 Å². The van der Waals surface area contributed by atoms with Crippen LogP contribution in [0.5, 0.6) is 0 Å². The van der Waals surface area contributed by atoms with Crippen LogP contribution in [0.1, 0.15) is 26.7 Å². The predicted octanol–water partition coefficient (Wildman–Crippen LogP) is 5.12. The minimum Gasteiger partial charge on any atom is -0.274 e. The van der Waals surface area contributed by atoms with Crippen molar-refractivity contribution in [3.8, 4) is 0 Å². The number of carbonyl (C=O) groups is 2. The van der Waals surface area contributed by atoms with Crippen molar-refractivity contribution in [2.24, 2.45) is 40.9 Å². The standard InChI is InChI=1S/C25H31NO2Si/c1-25(2)13-11-15-17(16(25)12-13)19-21-20(18(15)22(19)29(3,4)5)23(27)26(24(21)28)14-9-7-6-8-10-14/h6-10,13,16,18-22H,11-12H2,1-5H3/t13-,16+,18-,19-,20+,21-,22-/m0/s1. The van der Waals surface area contributed by atoms with Gasteiger partial charge in [0.25, 0.3) is 0 Å². The maximum Gasteiger partial charge on any atom is 0.238 e. The minimum absolute atomic E-state index is 0.0759. The van der Waals surface area contributed by atoms with E-state index in [0.29, 0.717) is 28.7 Å². The van der Waals surface area contributed by atoms with Gasteiger partial charge >= 0.3 is 0 Å². The Kier molecular flexibility index (Phi) is 3.32. The summed E-state index contributed by atoms with van der Waals surface area (Å²) in [4.78, 5) is 28.9. The smallest absolute Gasteiger partial charge is 0.238 e. The lowest BCUT2D eigenvalue weighted by atomic mass is 9.45. The third kappa shape index (κ3) is 2.00. The summed E-state index contributed by atoms with van der Waals surface area (Å²) in [6.45, 7) is 12.2. The molecule has 29 heavy (non-hydrogen) atoms. The lowest BCUT2D eigenvalue weighted by Crippen LogP contribution is -2.51. The van der Waals surface area contributed by atoms with E-state index in [0.717, 1.165) is 11.6 Å². The molecule has 3 nitrogen and oxygen atoms in total. The number of anilines is 1. The Balaban J connectivity index is 1.48. The van der Waals surface area contributed by atoms with Crippen LogP contribution >= 0.6 is 0 Å². The van der Waals surface area contributed by atoms with E-state index in [9.17, 15) is 9.59 Å². The number of benzene rings is 1. The molecule has 4 heteroatoms. The summed E-state index contributed by atoms with van der Waals surface area (Å²) in [7, 11) is -1.52. The van der Waals surface area contributed by atoms with Crippen molar-refractivity contribution < 1.29 is 9.59 Å². The van der Waals surface area contributed by atoms with Crippen molar-refractivity contribution in [2.75, 3.05) is 4.90 Å². The minimum atomic E-state index is -1.52. The number of nitrogens with zero attached hydrogens (tertiary/aromatic N) is 1. The molecule has 1 heterocycles. The maximum atomic E-state index is 13.7. The van der Waals surface area contributed by atoms with Crippen molar-refractivity contribution in [1.29, 1.82) is 0 Å². The monoisotopic (exact) mass is 405 g/mol. The topological polar surface area (TPSA) is 37.4 Å². The largest absolute Gasteiger partial charge is 0.274 e. The van der Waals surface area contributed by atoms with Crippen molar-refractivity contribution in [1.82, 2.24) is 0 Å². The Morgan fingerprint density at radius 2 is 1.55 bits per heavy atom. The van der Waals surface area contributed by atoms with Gasteiger partial charge in [-0.15, -0.1) is 0 Å². The van der Waals surface area contributed by atoms with Crippen LogP contribution < -0.4 is 4.90 Å². The molecule has 1 aromatic rings. The number of imide groups is 1. The quantitative estimate of drug-likeness (QED) is 0.389. The summed E-state index contributed by atoms with van der Waals surface area (Å²) in [5.41, 5.74) is 4.95. The highest BCUT2D eigenvalue weighted by Gasteiger charge is 2.73. The summed E-state index contributed by atoms with van der Waals surface area (Å²) in [6, 6.07) is 9.59. The van der Waals surface area contributed by atoms with Gasteiger partial charge in [-0.2, -0.15) is 0 Å². The van der Waals surface area contributed by atoms with Crippen molar-refractivity contribution in [3.05, 3.63) is 41.5 Å².